The average molecular weight is 352 g/mol. The zero-order chi connectivity index (χ0) is 17.6. The molecule has 0 amide bonds. The van der Waals surface area contributed by atoms with Gasteiger partial charge in [-0.05, 0) is 56.1 Å². The summed E-state index contributed by atoms with van der Waals surface area (Å²) in [5, 5.41) is 4.18. The van der Waals surface area contributed by atoms with Crippen molar-refractivity contribution in [2.45, 2.75) is 76.4 Å². The van der Waals surface area contributed by atoms with Gasteiger partial charge >= 0.3 is 0 Å². The molecule has 1 aromatic rings. The van der Waals surface area contributed by atoms with Gasteiger partial charge in [-0.15, -0.1) is 11.8 Å². The molecule has 0 saturated heterocycles. The highest BCUT2D eigenvalue weighted by Gasteiger charge is 2.02. The molecule has 0 heterocycles. The Morgan fingerprint density at radius 2 is 1.75 bits per heavy atom. The van der Waals surface area contributed by atoms with Gasteiger partial charge in [-0.3, -0.25) is 0 Å². The summed E-state index contributed by atoms with van der Waals surface area (Å²) in [4.78, 5) is 1.31. The highest BCUT2D eigenvalue weighted by Crippen LogP contribution is 2.24. The Balaban J connectivity index is 2.01. The van der Waals surface area contributed by atoms with Crippen LogP contribution in [-0.4, -0.2) is 24.9 Å². The molecule has 0 aliphatic carbocycles. The first-order valence-corrected chi connectivity index (χ1v) is 10.6. The lowest BCUT2D eigenvalue weighted by atomic mass is 10.0. The highest BCUT2D eigenvalue weighted by molar-refractivity contribution is 7.99. The Labute approximate surface area is 154 Å². The van der Waals surface area contributed by atoms with E-state index in [1.807, 2.05) is 11.8 Å². The van der Waals surface area contributed by atoms with E-state index >= 15 is 0 Å². The van der Waals surface area contributed by atoms with Crippen molar-refractivity contribution >= 4 is 11.8 Å². The van der Waals surface area contributed by atoms with Gasteiger partial charge in [-0.2, -0.15) is 0 Å². The fourth-order valence-corrected chi connectivity index (χ4v) is 3.48. The van der Waals surface area contributed by atoms with Crippen LogP contribution < -0.4 is 10.1 Å². The first-order valence-electron chi connectivity index (χ1n) is 9.72. The van der Waals surface area contributed by atoms with E-state index in [0.717, 1.165) is 37.8 Å². The van der Waals surface area contributed by atoms with Crippen LogP contribution in [0.5, 0.6) is 5.75 Å². The van der Waals surface area contributed by atoms with E-state index in [1.54, 1.807) is 0 Å². The zero-order valence-corrected chi connectivity index (χ0v) is 17.0. The maximum absolute atomic E-state index is 5.82. The van der Waals surface area contributed by atoms with Gasteiger partial charge in [0.25, 0.3) is 0 Å². The van der Waals surface area contributed by atoms with E-state index in [4.69, 9.17) is 4.74 Å². The third-order valence-electron chi connectivity index (χ3n) is 4.01. The summed E-state index contributed by atoms with van der Waals surface area (Å²) in [5.74, 6) is 1.76. The van der Waals surface area contributed by atoms with Gasteiger partial charge < -0.3 is 10.1 Å². The lowest BCUT2D eigenvalue weighted by molar-refractivity contribution is 0.305. The first-order chi connectivity index (χ1) is 11.6. The van der Waals surface area contributed by atoms with Gasteiger partial charge in [0.15, 0.2) is 0 Å². The van der Waals surface area contributed by atoms with Crippen LogP contribution in [0.4, 0.5) is 0 Å². The summed E-state index contributed by atoms with van der Waals surface area (Å²) in [6, 6.07) is 8.46. The summed E-state index contributed by atoms with van der Waals surface area (Å²) in [5.41, 5.74) is 0. The minimum Gasteiger partial charge on any atom is -0.494 e. The second kappa shape index (κ2) is 13.6. The largest absolute Gasteiger partial charge is 0.494 e. The number of thioether (sulfide) groups is 1. The summed E-state index contributed by atoms with van der Waals surface area (Å²) < 4.78 is 5.82. The van der Waals surface area contributed by atoms with Gasteiger partial charge in [0, 0.05) is 10.1 Å². The smallest absolute Gasteiger partial charge is 0.119 e. The van der Waals surface area contributed by atoms with Gasteiger partial charge in [0.05, 0.1) is 6.61 Å². The predicted molar refractivity (Wildman–Crippen MR) is 108 cm³/mol. The molecule has 0 aliphatic rings. The van der Waals surface area contributed by atoms with Gasteiger partial charge in [-0.25, -0.2) is 0 Å². The minimum atomic E-state index is 0.622. The third kappa shape index (κ3) is 11.0. The van der Waals surface area contributed by atoms with Gasteiger partial charge in [0.1, 0.15) is 5.75 Å². The summed E-state index contributed by atoms with van der Waals surface area (Å²) in [7, 11) is 0. The minimum absolute atomic E-state index is 0.622. The summed E-state index contributed by atoms with van der Waals surface area (Å²) in [6.07, 6.45) is 7.89. The van der Waals surface area contributed by atoms with Gasteiger partial charge in [-0.1, -0.05) is 53.4 Å². The van der Waals surface area contributed by atoms with Crippen LogP contribution in [-0.2, 0) is 0 Å². The molecular weight excluding hydrogens is 314 g/mol. The first kappa shape index (κ1) is 21.4. The average Bonchev–Trinajstić information content (AvgIpc) is 2.56. The summed E-state index contributed by atoms with van der Waals surface area (Å²) >= 11 is 1.89. The number of nitrogens with one attached hydrogen (secondary N) is 1. The molecule has 0 fully saturated rings. The Kier molecular flexibility index (Phi) is 12.1. The second-order valence-electron chi connectivity index (χ2n) is 7.00. The van der Waals surface area contributed by atoms with E-state index < -0.39 is 0 Å². The van der Waals surface area contributed by atoms with Crippen molar-refractivity contribution in [3.63, 3.8) is 0 Å². The number of ether oxygens (including phenoxy) is 1. The lowest BCUT2D eigenvalue weighted by Gasteiger charge is -2.13. The second-order valence-corrected chi connectivity index (χ2v) is 8.65. The molecule has 1 atom stereocenters. The monoisotopic (exact) mass is 351 g/mol. The van der Waals surface area contributed by atoms with Crippen LogP contribution in [0.15, 0.2) is 29.2 Å². The summed E-state index contributed by atoms with van der Waals surface area (Å²) in [6.45, 7) is 12.0. The quantitative estimate of drug-likeness (QED) is 0.321. The van der Waals surface area contributed by atoms with E-state index in [2.05, 4.69) is 57.3 Å². The molecule has 24 heavy (non-hydrogen) atoms. The van der Waals surface area contributed by atoms with Crippen LogP contribution >= 0.6 is 11.8 Å². The Morgan fingerprint density at radius 3 is 2.42 bits per heavy atom. The van der Waals surface area contributed by atoms with E-state index in [1.165, 1.54) is 37.0 Å². The number of hydrogen-bond acceptors (Lipinski definition) is 3. The fourth-order valence-electron chi connectivity index (χ4n) is 2.64. The molecule has 0 radical (unpaired) electrons. The number of benzene rings is 1. The molecule has 0 aromatic heterocycles. The molecule has 2 nitrogen and oxygen atoms in total. The van der Waals surface area contributed by atoms with E-state index in [0.29, 0.717) is 5.25 Å². The Hall–Kier alpha value is -0.670. The topological polar surface area (TPSA) is 21.3 Å². The molecule has 1 unspecified atom stereocenters. The van der Waals surface area contributed by atoms with Crippen LogP contribution in [0.2, 0.25) is 0 Å². The van der Waals surface area contributed by atoms with Crippen molar-refractivity contribution in [3.8, 4) is 5.75 Å². The molecule has 1 aromatic carbocycles. The van der Waals surface area contributed by atoms with E-state index in [9.17, 15) is 0 Å². The van der Waals surface area contributed by atoms with Crippen LogP contribution in [0.3, 0.4) is 0 Å². The van der Waals surface area contributed by atoms with Crippen LogP contribution in [0.25, 0.3) is 0 Å². The molecule has 0 bridgehead atoms. The lowest BCUT2D eigenvalue weighted by Crippen LogP contribution is -2.23. The van der Waals surface area contributed by atoms with E-state index in [-0.39, 0.29) is 0 Å². The van der Waals surface area contributed by atoms with Crippen LogP contribution in [0, 0.1) is 5.92 Å². The number of unbranched alkanes of at least 4 members (excludes halogenated alkanes) is 3. The van der Waals surface area contributed by atoms with Crippen molar-refractivity contribution in [1.29, 1.82) is 0 Å². The fraction of sp³-hybridized carbons (Fsp3) is 0.714. The molecule has 0 aliphatic heterocycles. The maximum atomic E-state index is 5.82. The molecule has 0 spiro atoms. The third-order valence-corrected chi connectivity index (χ3v) is 5.02. The van der Waals surface area contributed by atoms with Crippen molar-refractivity contribution < 1.29 is 4.74 Å². The van der Waals surface area contributed by atoms with Crippen LogP contribution in [0.1, 0.15) is 66.2 Å². The number of rotatable bonds is 14. The molecule has 0 saturated carbocycles. The molecule has 1 N–H and O–H groups in total. The predicted octanol–water partition coefficient (Wildman–Crippen LogP) is 6.15. The zero-order valence-electron chi connectivity index (χ0n) is 16.1. The van der Waals surface area contributed by atoms with Crippen molar-refractivity contribution in [2.24, 2.45) is 5.92 Å². The Morgan fingerprint density at radius 1 is 1.00 bits per heavy atom. The molecule has 1 rings (SSSR count). The standard InChI is InChI=1S/C21H37NOS/c1-5-6-7-8-10-19(4)17-22-15-9-16-23-20-11-13-21(14-12-20)24-18(2)3/h11-14,18-19,22H,5-10,15-17H2,1-4H3. The van der Waals surface area contributed by atoms with Crippen molar-refractivity contribution in [2.75, 3.05) is 19.7 Å². The highest BCUT2D eigenvalue weighted by atomic mass is 32.2. The molecular formula is C21H37NOS. The Bertz CT molecular complexity index is 405. The normalized spacial score (nSPS) is 12.5. The van der Waals surface area contributed by atoms with Crippen molar-refractivity contribution in [1.82, 2.24) is 5.32 Å². The maximum Gasteiger partial charge on any atom is 0.119 e. The molecule has 138 valence electrons. The number of hydrogen-bond donors (Lipinski definition) is 1. The SMILES string of the molecule is CCCCCCC(C)CNCCCOc1ccc(SC(C)C)cc1. The van der Waals surface area contributed by atoms with Gasteiger partial charge in [0.2, 0.25) is 0 Å². The molecule has 3 heteroatoms. The van der Waals surface area contributed by atoms with Crippen molar-refractivity contribution in [3.05, 3.63) is 24.3 Å².